The third kappa shape index (κ3) is 2.91. The molecule has 0 atom stereocenters. The summed E-state index contributed by atoms with van der Waals surface area (Å²) in [5, 5.41) is 2.66. The summed E-state index contributed by atoms with van der Waals surface area (Å²) >= 11 is 3.18. The van der Waals surface area contributed by atoms with Crippen molar-refractivity contribution in [3.63, 3.8) is 0 Å². The average molecular weight is 368 g/mol. The van der Waals surface area contributed by atoms with Crippen LogP contribution in [0.25, 0.3) is 0 Å². The second kappa shape index (κ2) is 5.12. The Balaban J connectivity index is 1.90. The molecule has 0 saturated heterocycles. The Kier molecular flexibility index (Phi) is 3.42. The van der Waals surface area contributed by atoms with Crippen LogP contribution in [-0.2, 0) is 21.2 Å². The van der Waals surface area contributed by atoms with Gasteiger partial charge in [0.25, 0.3) is 10.0 Å². The number of hydrogen-bond acceptors (Lipinski definition) is 4. The van der Waals surface area contributed by atoms with Crippen LogP contribution in [0.15, 0.2) is 46.0 Å². The van der Waals surface area contributed by atoms with Crippen LogP contribution in [0.3, 0.4) is 0 Å². The van der Waals surface area contributed by atoms with Crippen molar-refractivity contribution in [1.82, 2.24) is 4.98 Å². The Hall–Kier alpha value is -1.93. The van der Waals surface area contributed by atoms with Crippen LogP contribution in [0, 0.1) is 0 Å². The molecule has 1 aromatic carbocycles. The van der Waals surface area contributed by atoms with E-state index in [2.05, 4.69) is 31.0 Å². The largest absolute Gasteiger partial charge is 0.326 e. The minimum atomic E-state index is -3.71. The van der Waals surface area contributed by atoms with Crippen LogP contribution in [0.2, 0.25) is 0 Å². The van der Waals surface area contributed by atoms with E-state index in [4.69, 9.17) is 0 Å². The van der Waals surface area contributed by atoms with Gasteiger partial charge in [0.2, 0.25) is 5.91 Å². The highest BCUT2D eigenvalue weighted by Crippen LogP contribution is 2.26. The minimum absolute atomic E-state index is 0.112. The number of hydrogen-bond donors (Lipinski definition) is 2. The normalized spacial score (nSPS) is 13.7. The lowest BCUT2D eigenvalue weighted by molar-refractivity contribution is -0.115. The molecule has 1 amide bonds. The predicted octanol–water partition coefficient (Wildman–Crippen LogP) is 2.14. The molecule has 0 saturated carbocycles. The smallest absolute Gasteiger partial charge is 0.261 e. The molecule has 1 aliphatic rings. The van der Waals surface area contributed by atoms with Crippen molar-refractivity contribution in [1.29, 1.82) is 0 Å². The predicted molar refractivity (Wildman–Crippen MR) is 81.5 cm³/mol. The first-order chi connectivity index (χ1) is 9.94. The van der Waals surface area contributed by atoms with Crippen molar-refractivity contribution in [2.45, 2.75) is 11.3 Å². The molecule has 0 radical (unpaired) electrons. The highest BCUT2D eigenvalue weighted by molar-refractivity contribution is 9.10. The van der Waals surface area contributed by atoms with Gasteiger partial charge < -0.3 is 5.32 Å². The average Bonchev–Trinajstić information content (AvgIpc) is 2.80. The van der Waals surface area contributed by atoms with Crippen LogP contribution in [0.4, 0.5) is 11.4 Å². The number of nitrogens with one attached hydrogen (secondary N) is 2. The molecule has 0 spiro atoms. The number of anilines is 2. The molecule has 21 heavy (non-hydrogen) atoms. The number of sulfonamides is 1. The Morgan fingerprint density at radius 1 is 1.24 bits per heavy atom. The van der Waals surface area contributed by atoms with Crippen LogP contribution in [0.1, 0.15) is 5.56 Å². The van der Waals surface area contributed by atoms with E-state index in [1.807, 2.05) is 0 Å². The van der Waals surface area contributed by atoms with Crippen LogP contribution >= 0.6 is 15.9 Å². The van der Waals surface area contributed by atoms with E-state index >= 15 is 0 Å². The molecule has 1 aromatic heterocycles. The van der Waals surface area contributed by atoms with Gasteiger partial charge >= 0.3 is 0 Å². The third-order valence-electron chi connectivity index (χ3n) is 2.99. The molecule has 0 bridgehead atoms. The standard InChI is InChI=1S/C13H10BrN3O3S/c14-12-4-1-9(7-15-12)17-21(19,20)10-2-3-11-8(5-10)6-13(18)16-11/h1-5,7,17H,6H2,(H,16,18). The van der Waals surface area contributed by atoms with E-state index in [9.17, 15) is 13.2 Å². The Labute approximate surface area is 129 Å². The summed E-state index contributed by atoms with van der Waals surface area (Å²) in [7, 11) is -3.71. The highest BCUT2D eigenvalue weighted by Gasteiger charge is 2.21. The maximum atomic E-state index is 12.3. The van der Waals surface area contributed by atoms with Gasteiger partial charge in [0.1, 0.15) is 4.60 Å². The molecule has 0 unspecified atom stereocenters. The van der Waals surface area contributed by atoms with E-state index in [0.717, 1.165) is 0 Å². The molecule has 2 heterocycles. The lowest BCUT2D eigenvalue weighted by Gasteiger charge is -2.09. The molecule has 8 heteroatoms. The van der Waals surface area contributed by atoms with Crippen LogP contribution < -0.4 is 10.0 Å². The van der Waals surface area contributed by atoms with Gasteiger partial charge in [0, 0.05) is 5.69 Å². The molecule has 0 aliphatic carbocycles. The molecule has 0 fully saturated rings. The number of rotatable bonds is 3. The highest BCUT2D eigenvalue weighted by atomic mass is 79.9. The zero-order valence-corrected chi connectivity index (χ0v) is 13.0. The van der Waals surface area contributed by atoms with Gasteiger partial charge in [-0.25, -0.2) is 13.4 Å². The SMILES string of the molecule is O=C1Cc2cc(S(=O)(=O)Nc3ccc(Br)nc3)ccc2N1. The van der Waals surface area contributed by atoms with Gasteiger partial charge in [-0.15, -0.1) is 0 Å². The van der Waals surface area contributed by atoms with Gasteiger partial charge in [0.05, 0.1) is 23.2 Å². The molecule has 6 nitrogen and oxygen atoms in total. The summed E-state index contributed by atoms with van der Waals surface area (Å²) in [4.78, 5) is 15.4. The summed E-state index contributed by atoms with van der Waals surface area (Å²) in [6, 6.07) is 7.80. The summed E-state index contributed by atoms with van der Waals surface area (Å²) in [5.74, 6) is -0.135. The fourth-order valence-electron chi connectivity index (χ4n) is 2.02. The first kappa shape index (κ1) is 14.0. The van der Waals surface area contributed by atoms with Crippen molar-refractivity contribution in [2.75, 3.05) is 10.0 Å². The summed E-state index contributed by atoms with van der Waals surface area (Å²) < 4.78 is 27.7. The second-order valence-corrected chi connectivity index (χ2v) is 7.01. The van der Waals surface area contributed by atoms with Gasteiger partial charge in [-0.3, -0.25) is 9.52 Å². The molecule has 3 rings (SSSR count). The minimum Gasteiger partial charge on any atom is -0.326 e. The van der Waals surface area contributed by atoms with Crippen LogP contribution in [0.5, 0.6) is 0 Å². The molecular weight excluding hydrogens is 358 g/mol. The fourth-order valence-corrected chi connectivity index (χ4v) is 3.35. The van der Waals surface area contributed by atoms with Gasteiger partial charge in [0.15, 0.2) is 0 Å². The number of aromatic nitrogens is 1. The maximum Gasteiger partial charge on any atom is 0.261 e. The number of fused-ring (bicyclic) bond motifs is 1. The number of carbonyl (C=O) groups excluding carboxylic acids is 1. The number of halogens is 1. The number of amides is 1. The fraction of sp³-hybridized carbons (Fsp3) is 0.0769. The molecule has 108 valence electrons. The maximum absolute atomic E-state index is 12.3. The zero-order valence-electron chi connectivity index (χ0n) is 10.6. The summed E-state index contributed by atoms with van der Waals surface area (Å²) in [5.41, 5.74) is 1.70. The summed E-state index contributed by atoms with van der Waals surface area (Å²) in [6.07, 6.45) is 1.61. The Bertz CT molecular complexity index is 819. The monoisotopic (exact) mass is 367 g/mol. The van der Waals surface area contributed by atoms with Crippen LogP contribution in [-0.4, -0.2) is 19.3 Å². The lowest BCUT2D eigenvalue weighted by atomic mass is 10.2. The number of pyridine rings is 1. The van der Waals surface area contributed by atoms with E-state index in [1.165, 1.54) is 18.3 Å². The van der Waals surface area contributed by atoms with E-state index < -0.39 is 10.0 Å². The number of carbonyl (C=O) groups is 1. The van der Waals surface area contributed by atoms with Crippen molar-refractivity contribution in [2.24, 2.45) is 0 Å². The quantitative estimate of drug-likeness (QED) is 0.813. The van der Waals surface area contributed by atoms with E-state index in [1.54, 1.807) is 18.2 Å². The van der Waals surface area contributed by atoms with Crippen molar-refractivity contribution in [3.05, 3.63) is 46.7 Å². The topological polar surface area (TPSA) is 88.2 Å². The van der Waals surface area contributed by atoms with Crippen molar-refractivity contribution < 1.29 is 13.2 Å². The number of nitrogens with zero attached hydrogens (tertiary/aromatic N) is 1. The lowest BCUT2D eigenvalue weighted by Crippen LogP contribution is -2.13. The zero-order chi connectivity index (χ0) is 15.0. The Morgan fingerprint density at radius 2 is 2.05 bits per heavy atom. The first-order valence-electron chi connectivity index (χ1n) is 6.01. The first-order valence-corrected chi connectivity index (χ1v) is 8.29. The second-order valence-electron chi connectivity index (χ2n) is 4.52. The molecule has 2 aromatic rings. The Morgan fingerprint density at radius 3 is 2.76 bits per heavy atom. The van der Waals surface area contributed by atoms with Crippen molar-refractivity contribution >= 4 is 43.2 Å². The third-order valence-corrected chi connectivity index (χ3v) is 4.84. The molecule has 1 aliphatic heterocycles. The number of benzene rings is 1. The summed E-state index contributed by atoms with van der Waals surface area (Å²) in [6.45, 7) is 0. The van der Waals surface area contributed by atoms with E-state index in [0.29, 0.717) is 21.5 Å². The van der Waals surface area contributed by atoms with Gasteiger partial charge in [-0.2, -0.15) is 0 Å². The van der Waals surface area contributed by atoms with Gasteiger partial charge in [-0.05, 0) is 51.8 Å². The van der Waals surface area contributed by atoms with E-state index in [-0.39, 0.29) is 17.2 Å². The van der Waals surface area contributed by atoms with Gasteiger partial charge in [-0.1, -0.05) is 0 Å². The van der Waals surface area contributed by atoms with Crippen molar-refractivity contribution in [3.8, 4) is 0 Å². The molecule has 2 N–H and O–H groups in total. The molecular formula is C13H10BrN3O3S.